The Morgan fingerprint density at radius 3 is 2.10 bits per heavy atom. The monoisotopic (exact) mass is 397 g/mol. The van der Waals surface area contributed by atoms with Crippen LogP contribution < -0.4 is 0 Å². The molecule has 0 N–H and O–H groups in total. The summed E-state index contributed by atoms with van der Waals surface area (Å²) in [6.45, 7) is 2.32. The molecular weight excluding hydrogens is 357 g/mol. The SMILES string of the molecule is CCCCC1(CCCCC2(c3ccc(C#N)c(F)c3)CCCCC2)CCCCC1. The van der Waals surface area contributed by atoms with Gasteiger partial charge in [-0.1, -0.05) is 77.2 Å². The van der Waals surface area contributed by atoms with E-state index in [1.165, 1.54) is 109 Å². The second-order valence-electron chi connectivity index (χ2n) is 10.0. The topological polar surface area (TPSA) is 23.8 Å². The zero-order valence-corrected chi connectivity index (χ0v) is 18.6. The zero-order chi connectivity index (χ0) is 20.6. The first-order valence-corrected chi connectivity index (χ1v) is 12.3. The summed E-state index contributed by atoms with van der Waals surface area (Å²) in [4.78, 5) is 0. The molecule has 2 fully saturated rings. The van der Waals surface area contributed by atoms with Crippen LogP contribution in [-0.4, -0.2) is 0 Å². The Kier molecular flexibility index (Phi) is 8.16. The first-order valence-electron chi connectivity index (χ1n) is 12.3. The minimum Gasteiger partial charge on any atom is -0.206 e. The molecule has 3 rings (SSSR count). The number of nitriles is 1. The van der Waals surface area contributed by atoms with E-state index in [1.54, 1.807) is 12.1 Å². The Labute approximate surface area is 178 Å². The summed E-state index contributed by atoms with van der Waals surface area (Å²) >= 11 is 0. The zero-order valence-electron chi connectivity index (χ0n) is 18.6. The van der Waals surface area contributed by atoms with Crippen molar-refractivity contribution in [2.75, 3.05) is 0 Å². The highest BCUT2D eigenvalue weighted by atomic mass is 19.1. The molecule has 0 spiro atoms. The minimum atomic E-state index is -0.337. The maximum absolute atomic E-state index is 14.4. The Morgan fingerprint density at radius 1 is 0.862 bits per heavy atom. The van der Waals surface area contributed by atoms with Gasteiger partial charge in [-0.05, 0) is 73.5 Å². The van der Waals surface area contributed by atoms with Gasteiger partial charge in [-0.2, -0.15) is 5.26 Å². The lowest BCUT2D eigenvalue weighted by Gasteiger charge is -2.40. The fourth-order valence-electron chi connectivity index (χ4n) is 6.29. The fourth-order valence-corrected chi connectivity index (χ4v) is 6.29. The van der Waals surface area contributed by atoms with Gasteiger partial charge in [0, 0.05) is 0 Å². The third-order valence-electron chi connectivity index (χ3n) is 8.10. The molecule has 1 aromatic carbocycles. The van der Waals surface area contributed by atoms with E-state index in [9.17, 15) is 4.39 Å². The number of hydrogen-bond donors (Lipinski definition) is 0. The van der Waals surface area contributed by atoms with E-state index in [2.05, 4.69) is 6.92 Å². The van der Waals surface area contributed by atoms with E-state index < -0.39 is 0 Å². The molecule has 2 aliphatic carbocycles. The summed E-state index contributed by atoms with van der Waals surface area (Å²) in [5, 5.41) is 9.08. The lowest BCUT2D eigenvalue weighted by Crippen LogP contribution is -2.29. The summed E-state index contributed by atoms with van der Waals surface area (Å²) in [7, 11) is 0. The van der Waals surface area contributed by atoms with Gasteiger partial charge >= 0.3 is 0 Å². The van der Waals surface area contributed by atoms with Gasteiger partial charge in [0.15, 0.2) is 0 Å². The third-order valence-corrected chi connectivity index (χ3v) is 8.10. The molecule has 2 saturated carbocycles. The molecule has 1 aromatic rings. The molecule has 0 atom stereocenters. The Balaban J connectivity index is 1.63. The standard InChI is InChI=1S/C27H40FN/c1-2-3-14-26(15-6-4-7-16-26)17-10-11-20-27(18-8-5-9-19-27)24-13-12-23(22-29)25(28)21-24/h12-13,21H,2-11,14-20H2,1H3. The van der Waals surface area contributed by atoms with Gasteiger partial charge in [0.25, 0.3) is 0 Å². The molecule has 160 valence electrons. The number of benzene rings is 1. The van der Waals surface area contributed by atoms with E-state index >= 15 is 0 Å². The average Bonchev–Trinajstić information content (AvgIpc) is 2.77. The van der Waals surface area contributed by atoms with Crippen LogP contribution >= 0.6 is 0 Å². The molecular formula is C27H40FN. The smallest absolute Gasteiger partial charge is 0.141 e. The number of rotatable bonds is 9. The van der Waals surface area contributed by atoms with Gasteiger partial charge in [0.05, 0.1) is 5.56 Å². The van der Waals surface area contributed by atoms with Crippen LogP contribution in [0, 0.1) is 22.6 Å². The fraction of sp³-hybridized carbons (Fsp3) is 0.741. The predicted octanol–water partition coefficient (Wildman–Crippen LogP) is 8.60. The summed E-state index contributed by atoms with van der Waals surface area (Å²) in [5.74, 6) is -0.337. The summed E-state index contributed by atoms with van der Waals surface area (Å²) in [5.41, 5.74) is 2.08. The highest BCUT2D eigenvalue weighted by Crippen LogP contribution is 2.47. The molecule has 0 amide bonds. The van der Waals surface area contributed by atoms with Gasteiger partial charge in [-0.3, -0.25) is 0 Å². The molecule has 0 aromatic heterocycles. The Morgan fingerprint density at radius 2 is 1.48 bits per heavy atom. The lowest BCUT2D eigenvalue weighted by atomic mass is 9.65. The molecule has 1 nitrogen and oxygen atoms in total. The Hall–Kier alpha value is -1.36. The van der Waals surface area contributed by atoms with Crippen LogP contribution in [0.1, 0.15) is 127 Å². The summed E-state index contributed by atoms with van der Waals surface area (Å²) < 4.78 is 14.4. The van der Waals surface area contributed by atoms with Gasteiger partial charge < -0.3 is 0 Å². The Bertz CT molecular complexity index is 674. The van der Waals surface area contributed by atoms with E-state index in [0.29, 0.717) is 5.41 Å². The van der Waals surface area contributed by atoms with Gasteiger partial charge in [0.1, 0.15) is 11.9 Å². The van der Waals surface area contributed by atoms with E-state index in [1.807, 2.05) is 12.1 Å². The third kappa shape index (κ3) is 5.62. The average molecular weight is 398 g/mol. The highest BCUT2D eigenvalue weighted by molar-refractivity contribution is 5.37. The molecule has 29 heavy (non-hydrogen) atoms. The molecule has 0 bridgehead atoms. The predicted molar refractivity (Wildman–Crippen MR) is 119 cm³/mol. The van der Waals surface area contributed by atoms with Crippen molar-refractivity contribution < 1.29 is 4.39 Å². The number of hydrogen-bond acceptors (Lipinski definition) is 1. The number of unbranched alkanes of at least 4 members (excludes halogenated alkanes) is 2. The van der Waals surface area contributed by atoms with Crippen LogP contribution in [-0.2, 0) is 5.41 Å². The maximum Gasteiger partial charge on any atom is 0.141 e. The van der Waals surface area contributed by atoms with Crippen molar-refractivity contribution in [2.45, 2.75) is 121 Å². The lowest BCUT2D eigenvalue weighted by molar-refractivity contribution is 0.145. The number of nitrogens with zero attached hydrogens (tertiary/aromatic N) is 1. The van der Waals surface area contributed by atoms with E-state index in [0.717, 1.165) is 5.56 Å². The van der Waals surface area contributed by atoms with Crippen LogP contribution in [0.4, 0.5) is 4.39 Å². The van der Waals surface area contributed by atoms with Crippen molar-refractivity contribution in [3.63, 3.8) is 0 Å². The number of halogens is 1. The first-order chi connectivity index (χ1) is 14.1. The second kappa shape index (κ2) is 10.6. The van der Waals surface area contributed by atoms with Gasteiger partial charge in [-0.25, -0.2) is 4.39 Å². The maximum atomic E-state index is 14.4. The molecule has 0 heterocycles. The normalized spacial score (nSPS) is 20.9. The highest BCUT2D eigenvalue weighted by Gasteiger charge is 2.35. The van der Waals surface area contributed by atoms with Crippen LogP contribution in [0.25, 0.3) is 0 Å². The van der Waals surface area contributed by atoms with Crippen LogP contribution in [0.15, 0.2) is 18.2 Å². The van der Waals surface area contributed by atoms with Crippen molar-refractivity contribution in [2.24, 2.45) is 5.41 Å². The van der Waals surface area contributed by atoms with Gasteiger partial charge in [0.2, 0.25) is 0 Å². The van der Waals surface area contributed by atoms with Crippen molar-refractivity contribution in [1.29, 1.82) is 5.26 Å². The first kappa shape index (κ1) is 22.3. The molecule has 2 aliphatic rings. The quantitative estimate of drug-likeness (QED) is 0.383. The second-order valence-corrected chi connectivity index (χ2v) is 10.0. The largest absolute Gasteiger partial charge is 0.206 e. The van der Waals surface area contributed by atoms with Crippen LogP contribution in [0.3, 0.4) is 0 Å². The molecule has 0 saturated heterocycles. The van der Waals surface area contributed by atoms with Crippen molar-refractivity contribution in [3.05, 3.63) is 35.1 Å². The van der Waals surface area contributed by atoms with Crippen molar-refractivity contribution >= 4 is 0 Å². The molecule has 0 unspecified atom stereocenters. The van der Waals surface area contributed by atoms with E-state index in [4.69, 9.17) is 5.26 Å². The molecule has 0 radical (unpaired) electrons. The van der Waals surface area contributed by atoms with Crippen molar-refractivity contribution in [3.8, 4) is 6.07 Å². The summed E-state index contributed by atoms with van der Waals surface area (Å²) in [6.07, 6.45) is 22.6. The molecule has 2 heteroatoms. The minimum absolute atomic E-state index is 0.135. The van der Waals surface area contributed by atoms with Gasteiger partial charge in [-0.15, -0.1) is 0 Å². The molecule has 0 aliphatic heterocycles. The van der Waals surface area contributed by atoms with E-state index in [-0.39, 0.29) is 16.8 Å². The van der Waals surface area contributed by atoms with Crippen LogP contribution in [0.5, 0.6) is 0 Å². The summed E-state index contributed by atoms with van der Waals surface area (Å²) in [6, 6.07) is 7.38. The van der Waals surface area contributed by atoms with Crippen molar-refractivity contribution in [1.82, 2.24) is 0 Å². The van der Waals surface area contributed by atoms with Crippen LogP contribution in [0.2, 0.25) is 0 Å².